The second-order valence-electron chi connectivity index (χ2n) is 3.20. The number of ether oxygens (including phenoxy) is 1. The molecule has 0 bridgehead atoms. The van der Waals surface area contributed by atoms with E-state index < -0.39 is 6.04 Å². The highest BCUT2D eigenvalue weighted by molar-refractivity contribution is 5.85. The number of para-hydroxylation sites is 1. The predicted octanol–water partition coefficient (Wildman–Crippen LogP) is 1.76. The minimum absolute atomic E-state index is 0. The zero-order valence-corrected chi connectivity index (χ0v) is 8.94. The quantitative estimate of drug-likeness (QED) is 0.749. The van der Waals surface area contributed by atoms with Crippen molar-refractivity contribution in [3.8, 4) is 0 Å². The molecule has 1 unspecified atom stereocenters. The molecule has 1 aromatic carbocycles. The van der Waals surface area contributed by atoms with Gasteiger partial charge in [0.05, 0.1) is 12.8 Å². The Morgan fingerprint density at radius 2 is 2.33 bits per heavy atom. The number of fused-ring (bicyclic) bond motifs is 1. The van der Waals surface area contributed by atoms with Gasteiger partial charge < -0.3 is 10.1 Å². The van der Waals surface area contributed by atoms with E-state index in [2.05, 4.69) is 10.1 Å². The van der Waals surface area contributed by atoms with Crippen LogP contribution in [0.25, 0.3) is 0 Å². The molecular weight excluding hydrogens is 221 g/mol. The Bertz CT molecular complexity index is 384. The Balaban J connectivity index is 0.00000112. The monoisotopic (exact) mass is 231 g/mol. The first-order valence-corrected chi connectivity index (χ1v) is 4.34. The molecule has 1 aliphatic rings. The van der Waals surface area contributed by atoms with Crippen LogP contribution in [0.3, 0.4) is 0 Å². The molecule has 1 aromatic rings. The Morgan fingerprint density at radius 3 is 2.93 bits per heavy atom. The number of carbonyl (C=O) groups excluding carboxylic acids is 1. The number of hydrogen-bond donors (Lipinski definition) is 1. The van der Waals surface area contributed by atoms with Crippen LogP contribution in [0.2, 0.25) is 0 Å². The zero-order chi connectivity index (χ0) is 10.1. The summed E-state index contributed by atoms with van der Waals surface area (Å²) in [6.45, 7) is 0. The molecule has 1 heterocycles. The van der Waals surface area contributed by atoms with E-state index in [1.807, 2.05) is 0 Å². The number of nitrogens with one attached hydrogen (secondary N) is 1. The van der Waals surface area contributed by atoms with Gasteiger partial charge in [0, 0.05) is 6.42 Å². The van der Waals surface area contributed by atoms with Gasteiger partial charge in [0.1, 0.15) is 11.9 Å². The van der Waals surface area contributed by atoms with Gasteiger partial charge in [-0.1, -0.05) is 12.1 Å². The highest BCUT2D eigenvalue weighted by Gasteiger charge is 2.28. The molecule has 0 aromatic heterocycles. The van der Waals surface area contributed by atoms with E-state index in [9.17, 15) is 9.18 Å². The van der Waals surface area contributed by atoms with Gasteiger partial charge in [-0.3, -0.25) is 0 Å². The first-order chi connectivity index (χ1) is 6.72. The second-order valence-corrected chi connectivity index (χ2v) is 3.20. The fourth-order valence-corrected chi connectivity index (χ4v) is 1.63. The van der Waals surface area contributed by atoms with Crippen molar-refractivity contribution in [2.45, 2.75) is 12.5 Å². The van der Waals surface area contributed by atoms with Gasteiger partial charge in [-0.2, -0.15) is 0 Å². The average Bonchev–Trinajstić information content (AvgIpc) is 2.62. The number of esters is 1. The maximum Gasteiger partial charge on any atom is 0.328 e. The largest absolute Gasteiger partial charge is 0.467 e. The van der Waals surface area contributed by atoms with E-state index in [4.69, 9.17) is 0 Å². The van der Waals surface area contributed by atoms with Gasteiger partial charge in [-0.15, -0.1) is 12.4 Å². The van der Waals surface area contributed by atoms with E-state index in [0.717, 1.165) is 5.56 Å². The number of methoxy groups -OCH3 is 1. The molecule has 0 aliphatic carbocycles. The number of rotatable bonds is 1. The SMILES string of the molecule is COC(=O)C1Cc2cccc(F)c2N1.Cl. The van der Waals surface area contributed by atoms with Crippen LogP contribution < -0.4 is 5.32 Å². The Morgan fingerprint density at radius 1 is 1.60 bits per heavy atom. The maximum atomic E-state index is 13.2. The molecule has 1 N–H and O–H groups in total. The fraction of sp³-hybridized carbons (Fsp3) is 0.300. The van der Waals surface area contributed by atoms with Crippen LogP contribution in [-0.4, -0.2) is 19.1 Å². The van der Waals surface area contributed by atoms with Crippen molar-refractivity contribution in [3.05, 3.63) is 29.6 Å². The number of hydrogen-bond acceptors (Lipinski definition) is 3. The minimum Gasteiger partial charge on any atom is -0.467 e. The van der Waals surface area contributed by atoms with Crippen molar-refractivity contribution in [2.75, 3.05) is 12.4 Å². The fourth-order valence-electron chi connectivity index (χ4n) is 1.63. The highest BCUT2D eigenvalue weighted by atomic mass is 35.5. The number of carbonyl (C=O) groups is 1. The molecule has 0 fully saturated rings. The molecule has 2 rings (SSSR count). The van der Waals surface area contributed by atoms with Crippen LogP contribution in [0.15, 0.2) is 18.2 Å². The minimum atomic E-state index is -0.452. The van der Waals surface area contributed by atoms with Crippen molar-refractivity contribution in [1.82, 2.24) is 0 Å². The highest BCUT2D eigenvalue weighted by Crippen LogP contribution is 2.28. The molecule has 1 aliphatic heterocycles. The molecular formula is C10H11ClFNO2. The summed E-state index contributed by atoms with van der Waals surface area (Å²) in [6.07, 6.45) is 0.486. The molecule has 3 nitrogen and oxygen atoms in total. The zero-order valence-electron chi connectivity index (χ0n) is 8.12. The summed E-state index contributed by atoms with van der Waals surface area (Å²) in [6, 6.07) is 4.35. The summed E-state index contributed by atoms with van der Waals surface area (Å²) in [7, 11) is 1.32. The van der Waals surface area contributed by atoms with Crippen molar-refractivity contribution in [1.29, 1.82) is 0 Å². The maximum absolute atomic E-state index is 13.2. The molecule has 0 saturated heterocycles. The lowest BCUT2D eigenvalue weighted by Crippen LogP contribution is -2.28. The van der Waals surface area contributed by atoms with Crippen LogP contribution in [-0.2, 0) is 16.0 Å². The standard InChI is InChI=1S/C10H10FNO2.ClH/c1-14-10(13)8-5-6-3-2-4-7(11)9(6)12-8;/h2-4,8,12H,5H2,1H3;1H. The van der Waals surface area contributed by atoms with E-state index >= 15 is 0 Å². The van der Waals surface area contributed by atoms with Crippen LogP contribution >= 0.6 is 12.4 Å². The molecule has 82 valence electrons. The van der Waals surface area contributed by atoms with Crippen LogP contribution in [0.5, 0.6) is 0 Å². The lowest BCUT2D eigenvalue weighted by atomic mass is 10.1. The van der Waals surface area contributed by atoms with Crippen molar-refractivity contribution in [2.24, 2.45) is 0 Å². The smallest absolute Gasteiger partial charge is 0.328 e. The van der Waals surface area contributed by atoms with E-state index in [1.165, 1.54) is 13.2 Å². The van der Waals surface area contributed by atoms with Gasteiger partial charge in [-0.25, -0.2) is 9.18 Å². The third kappa shape index (κ3) is 2.04. The Hall–Kier alpha value is -1.29. The van der Waals surface area contributed by atoms with Crippen molar-refractivity contribution < 1.29 is 13.9 Å². The van der Waals surface area contributed by atoms with Gasteiger partial charge in [0.2, 0.25) is 0 Å². The molecule has 0 spiro atoms. The normalized spacial score (nSPS) is 17.3. The summed E-state index contributed by atoms with van der Waals surface area (Å²) in [5.41, 5.74) is 1.24. The molecule has 1 atom stereocenters. The molecule has 0 amide bonds. The Kier molecular flexibility index (Phi) is 3.52. The van der Waals surface area contributed by atoms with Crippen LogP contribution in [0.1, 0.15) is 5.56 Å². The third-order valence-electron chi connectivity index (χ3n) is 2.33. The van der Waals surface area contributed by atoms with Crippen molar-refractivity contribution >= 4 is 24.1 Å². The molecule has 5 heteroatoms. The number of benzene rings is 1. The number of anilines is 1. The van der Waals surface area contributed by atoms with E-state index in [0.29, 0.717) is 12.1 Å². The second kappa shape index (κ2) is 4.49. The lowest BCUT2D eigenvalue weighted by Gasteiger charge is -2.07. The summed E-state index contributed by atoms with van der Waals surface area (Å²) in [5.74, 6) is -0.686. The van der Waals surface area contributed by atoms with Crippen LogP contribution in [0.4, 0.5) is 10.1 Å². The summed E-state index contributed by atoms with van der Waals surface area (Å²) in [5, 5.41) is 2.80. The summed E-state index contributed by atoms with van der Waals surface area (Å²) >= 11 is 0. The number of halogens is 2. The predicted molar refractivity (Wildman–Crippen MR) is 56.8 cm³/mol. The van der Waals surface area contributed by atoms with E-state index in [-0.39, 0.29) is 24.2 Å². The van der Waals surface area contributed by atoms with Gasteiger partial charge in [0.15, 0.2) is 0 Å². The van der Waals surface area contributed by atoms with Crippen molar-refractivity contribution in [3.63, 3.8) is 0 Å². The van der Waals surface area contributed by atoms with Crippen LogP contribution in [0, 0.1) is 5.82 Å². The Labute approximate surface area is 93.0 Å². The summed E-state index contributed by atoms with van der Waals surface area (Å²) < 4.78 is 17.8. The van der Waals surface area contributed by atoms with E-state index in [1.54, 1.807) is 12.1 Å². The average molecular weight is 232 g/mol. The molecule has 0 saturated carbocycles. The molecule has 0 radical (unpaired) electrons. The molecule has 15 heavy (non-hydrogen) atoms. The summed E-state index contributed by atoms with van der Waals surface area (Å²) in [4.78, 5) is 11.2. The third-order valence-corrected chi connectivity index (χ3v) is 2.33. The first kappa shape index (κ1) is 11.8. The first-order valence-electron chi connectivity index (χ1n) is 4.34. The van der Waals surface area contributed by atoms with Gasteiger partial charge >= 0.3 is 5.97 Å². The lowest BCUT2D eigenvalue weighted by molar-refractivity contribution is -0.141. The van der Waals surface area contributed by atoms with Gasteiger partial charge in [-0.05, 0) is 11.6 Å². The topological polar surface area (TPSA) is 38.3 Å². The van der Waals surface area contributed by atoms with Gasteiger partial charge in [0.25, 0.3) is 0 Å².